The van der Waals surface area contributed by atoms with Crippen molar-refractivity contribution in [2.45, 2.75) is 11.4 Å². The highest BCUT2D eigenvalue weighted by atomic mass is 35.5. The molecule has 4 aromatic rings. The SMILES string of the molecule is O=C(CSc1ccc(Cl)cc1)N/N=C\c1cn(Cc2ccccc2Cl)c2ccccc12. The third-order valence-corrected chi connectivity index (χ3v) is 6.33. The average molecular weight is 468 g/mol. The molecule has 1 heterocycles. The molecule has 0 saturated carbocycles. The molecule has 0 radical (unpaired) electrons. The minimum atomic E-state index is -0.170. The lowest BCUT2D eigenvalue weighted by molar-refractivity contribution is -0.118. The van der Waals surface area contributed by atoms with Gasteiger partial charge in [0.1, 0.15) is 0 Å². The summed E-state index contributed by atoms with van der Waals surface area (Å²) in [7, 11) is 0. The number of carbonyl (C=O) groups is 1. The lowest BCUT2D eigenvalue weighted by Crippen LogP contribution is -2.19. The van der Waals surface area contributed by atoms with E-state index in [2.05, 4.69) is 21.2 Å². The normalized spacial score (nSPS) is 11.3. The molecule has 4 rings (SSSR count). The monoisotopic (exact) mass is 467 g/mol. The highest BCUT2D eigenvalue weighted by Crippen LogP contribution is 2.24. The van der Waals surface area contributed by atoms with Gasteiger partial charge in [-0.15, -0.1) is 11.8 Å². The molecule has 0 atom stereocenters. The Hall–Kier alpha value is -2.73. The van der Waals surface area contributed by atoms with Crippen molar-refractivity contribution in [1.29, 1.82) is 0 Å². The molecule has 0 aliphatic heterocycles. The fourth-order valence-electron chi connectivity index (χ4n) is 3.20. The van der Waals surface area contributed by atoms with Gasteiger partial charge in [0.15, 0.2) is 0 Å². The minimum Gasteiger partial charge on any atom is -0.342 e. The third-order valence-electron chi connectivity index (χ3n) is 4.69. The second-order valence-corrected chi connectivity index (χ2v) is 8.75. The van der Waals surface area contributed by atoms with Crippen molar-refractivity contribution in [3.63, 3.8) is 0 Å². The Morgan fingerprint density at radius 2 is 1.74 bits per heavy atom. The zero-order valence-electron chi connectivity index (χ0n) is 16.5. The topological polar surface area (TPSA) is 46.4 Å². The second kappa shape index (κ2) is 10.1. The quantitative estimate of drug-likeness (QED) is 0.198. The van der Waals surface area contributed by atoms with Crippen LogP contribution < -0.4 is 5.43 Å². The summed E-state index contributed by atoms with van der Waals surface area (Å²) in [6.45, 7) is 0.651. The van der Waals surface area contributed by atoms with Crippen LogP contribution in [0.3, 0.4) is 0 Å². The standard InChI is InChI=1S/C24H19Cl2N3OS/c25-19-9-11-20(12-10-19)31-16-24(30)28-27-13-18-15-29(23-8-4-2-6-21(18)23)14-17-5-1-3-7-22(17)26/h1-13,15H,14,16H2,(H,28,30)/b27-13-. The first-order valence-corrected chi connectivity index (χ1v) is 11.4. The van der Waals surface area contributed by atoms with E-state index in [9.17, 15) is 4.79 Å². The van der Waals surface area contributed by atoms with Crippen molar-refractivity contribution >= 4 is 58.0 Å². The molecule has 0 aliphatic carbocycles. The number of hydrazone groups is 1. The van der Waals surface area contributed by atoms with Crippen molar-refractivity contribution < 1.29 is 4.79 Å². The van der Waals surface area contributed by atoms with Crippen molar-refractivity contribution in [3.8, 4) is 0 Å². The van der Waals surface area contributed by atoms with Crippen LogP contribution in [0.1, 0.15) is 11.1 Å². The van der Waals surface area contributed by atoms with Crippen molar-refractivity contribution in [3.05, 3.63) is 100 Å². The molecule has 1 aromatic heterocycles. The molecule has 7 heteroatoms. The molecule has 1 N–H and O–H groups in total. The predicted molar refractivity (Wildman–Crippen MR) is 130 cm³/mol. The number of rotatable bonds is 7. The number of fused-ring (bicyclic) bond motifs is 1. The summed E-state index contributed by atoms with van der Waals surface area (Å²) in [5, 5.41) is 6.63. The maximum absolute atomic E-state index is 12.1. The van der Waals surface area contributed by atoms with Crippen LogP contribution in [0.5, 0.6) is 0 Å². The highest BCUT2D eigenvalue weighted by Gasteiger charge is 2.09. The number of carbonyl (C=O) groups excluding carboxylic acids is 1. The summed E-state index contributed by atoms with van der Waals surface area (Å²) in [5.74, 6) is 0.101. The molecule has 0 fully saturated rings. The maximum Gasteiger partial charge on any atom is 0.250 e. The summed E-state index contributed by atoms with van der Waals surface area (Å²) in [4.78, 5) is 13.1. The Balaban J connectivity index is 1.44. The maximum atomic E-state index is 12.1. The van der Waals surface area contributed by atoms with E-state index in [-0.39, 0.29) is 11.7 Å². The highest BCUT2D eigenvalue weighted by molar-refractivity contribution is 8.00. The van der Waals surface area contributed by atoms with Gasteiger partial charge in [-0.05, 0) is 42.0 Å². The number of hydrogen-bond donors (Lipinski definition) is 1. The van der Waals surface area contributed by atoms with Crippen LogP contribution in [-0.4, -0.2) is 22.4 Å². The summed E-state index contributed by atoms with van der Waals surface area (Å²) in [6.07, 6.45) is 3.70. The lowest BCUT2D eigenvalue weighted by atomic mass is 10.2. The summed E-state index contributed by atoms with van der Waals surface area (Å²) in [5.41, 5.74) is 5.64. The summed E-state index contributed by atoms with van der Waals surface area (Å²) >= 11 is 13.6. The van der Waals surface area contributed by atoms with Crippen LogP contribution in [0, 0.1) is 0 Å². The fraction of sp³-hybridized carbons (Fsp3) is 0.0833. The van der Waals surface area contributed by atoms with Crippen LogP contribution >= 0.6 is 35.0 Å². The molecule has 0 unspecified atom stereocenters. The number of aromatic nitrogens is 1. The Bertz CT molecular complexity index is 1240. The Labute approximate surface area is 194 Å². The molecule has 156 valence electrons. The van der Waals surface area contributed by atoms with Gasteiger partial charge in [0.2, 0.25) is 5.91 Å². The smallest absolute Gasteiger partial charge is 0.250 e. The number of thioether (sulfide) groups is 1. The Morgan fingerprint density at radius 3 is 2.55 bits per heavy atom. The van der Waals surface area contributed by atoms with Crippen LogP contribution in [0.4, 0.5) is 0 Å². The van der Waals surface area contributed by atoms with E-state index in [0.29, 0.717) is 11.6 Å². The number of para-hydroxylation sites is 1. The number of nitrogens with one attached hydrogen (secondary N) is 1. The van der Waals surface area contributed by atoms with Crippen LogP contribution in [0.15, 0.2) is 89.0 Å². The molecule has 3 aromatic carbocycles. The fourth-order valence-corrected chi connectivity index (χ4v) is 4.22. The molecule has 31 heavy (non-hydrogen) atoms. The largest absolute Gasteiger partial charge is 0.342 e. The molecule has 4 nitrogen and oxygen atoms in total. The number of hydrogen-bond acceptors (Lipinski definition) is 3. The number of benzene rings is 3. The van der Waals surface area contributed by atoms with Crippen molar-refractivity contribution in [1.82, 2.24) is 9.99 Å². The first-order chi connectivity index (χ1) is 15.1. The van der Waals surface area contributed by atoms with Gasteiger partial charge in [-0.3, -0.25) is 4.79 Å². The van der Waals surface area contributed by atoms with Gasteiger partial charge in [-0.25, -0.2) is 5.43 Å². The van der Waals surface area contributed by atoms with E-state index in [1.165, 1.54) is 11.8 Å². The average Bonchev–Trinajstić information content (AvgIpc) is 3.12. The molecule has 0 bridgehead atoms. The Kier molecular flexibility index (Phi) is 6.97. The molecule has 0 spiro atoms. The van der Waals surface area contributed by atoms with Crippen molar-refractivity contribution in [2.24, 2.45) is 5.10 Å². The molecular formula is C24H19Cl2N3OS. The van der Waals surface area contributed by atoms with Gasteiger partial charge in [-0.1, -0.05) is 59.6 Å². The van der Waals surface area contributed by atoms with E-state index >= 15 is 0 Å². The van der Waals surface area contributed by atoms with E-state index < -0.39 is 0 Å². The zero-order chi connectivity index (χ0) is 21.6. The van der Waals surface area contributed by atoms with E-state index in [1.807, 2.05) is 60.8 Å². The first kappa shape index (κ1) is 21.5. The molecule has 1 amide bonds. The van der Waals surface area contributed by atoms with Crippen LogP contribution in [0.2, 0.25) is 10.0 Å². The molecule has 0 saturated heterocycles. The van der Waals surface area contributed by atoms with Gasteiger partial charge in [0, 0.05) is 44.1 Å². The second-order valence-electron chi connectivity index (χ2n) is 6.86. The van der Waals surface area contributed by atoms with Gasteiger partial charge >= 0.3 is 0 Å². The number of nitrogens with zero attached hydrogens (tertiary/aromatic N) is 2. The molecular weight excluding hydrogens is 449 g/mol. The Morgan fingerprint density at radius 1 is 1.00 bits per heavy atom. The lowest BCUT2D eigenvalue weighted by Gasteiger charge is -2.07. The number of halogens is 2. The van der Waals surface area contributed by atoms with Gasteiger partial charge in [0.25, 0.3) is 0 Å². The van der Waals surface area contributed by atoms with Gasteiger partial charge in [-0.2, -0.15) is 5.10 Å². The van der Waals surface area contributed by atoms with Crippen LogP contribution in [-0.2, 0) is 11.3 Å². The van der Waals surface area contributed by atoms with Gasteiger partial charge < -0.3 is 4.57 Å². The number of amides is 1. The summed E-state index contributed by atoms with van der Waals surface area (Å²) in [6, 6.07) is 23.3. The van der Waals surface area contributed by atoms with E-state index in [1.54, 1.807) is 18.3 Å². The van der Waals surface area contributed by atoms with E-state index in [4.69, 9.17) is 23.2 Å². The van der Waals surface area contributed by atoms with Crippen LogP contribution in [0.25, 0.3) is 10.9 Å². The van der Waals surface area contributed by atoms with E-state index in [0.717, 1.165) is 31.9 Å². The molecule has 0 aliphatic rings. The summed E-state index contributed by atoms with van der Waals surface area (Å²) < 4.78 is 2.14. The predicted octanol–water partition coefficient (Wildman–Crippen LogP) is 6.24. The first-order valence-electron chi connectivity index (χ1n) is 9.62. The van der Waals surface area contributed by atoms with Crippen molar-refractivity contribution in [2.75, 3.05) is 5.75 Å². The third kappa shape index (κ3) is 5.50. The zero-order valence-corrected chi connectivity index (χ0v) is 18.8. The van der Waals surface area contributed by atoms with Gasteiger partial charge in [0.05, 0.1) is 12.0 Å². The minimum absolute atomic E-state index is 0.170.